The van der Waals surface area contributed by atoms with E-state index in [2.05, 4.69) is 20.2 Å². The highest BCUT2D eigenvalue weighted by Crippen LogP contribution is 2.37. The number of carbonyl (C=O) groups excluding carboxylic acids is 2. The van der Waals surface area contributed by atoms with Crippen molar-refractivity contribution in [3.05, 3.63) is 53.6 Å². The number of aliphatic carboxylic acids is 2. The number of fused-ring (bicyclic) bond motifs is 2. The van der Waals surface area contributed by atoms with Crippen molar-refractivity contribution in [2.45, 2.75) is 44.9 Å². The van der Waals surface area contributed by atoms with Crippen LogP contribution in [-0.4, -0.2) is 87.3 Å². The van der Waals surface area contributed by atoms with Crippen LogP contribution in [0.4, 0.5) is 0 Å². The summed E-state index contributed by atoms with van der Waals surface area (Å²) in [5.74, 6) is -0.896. The first-order valence-electron chi connectivity index (χ1n) is 12.1. The molecule has 0 spiro atoms. The number of amides is 2. The summed E-state index contributed by atoms with van der Waals surface area (Å²) in [5, 5.41) is 21.3. The molecule has 12 nitrogen and oxygen atoms in total. The van der Waals surface area contributed by atoms with Gasteiger partial charge in [-0.3, -0.25) is 19.2 Å². The minimum Gasteiger partial charge on any atom is -0.481 e. The number of carboxylic acid groups (broad SMARTS) is 2. The minimum atomic E-state index is -0.833. The number of likely N-dealkylation sites (tertiary alicyclic amines) is 1. The van der Waals surface area contributed by atoms with Crippen molar-refractivity contribution in [3.8, 4) is 0 Å². The van der Waals surface area contributed by atoms with E-state index in [9.17, 15) is 9.59 Å². The van der Waals surface area contributed by atoms with Crippen molar-refractivity contribution in [2.75, 3.05) is 32.8 Å². The van der Waals surface area contributed by atoms with Gasteiger partial charge in [0.2, 0.25) is 5.91 Å². The van der Waals surface area contributed by atoms with Gasteiger partial charge in [0.05, 0.1) is 5.54 Å². The van der Waals surface area contributed by atoms with Gasteiger partial charge in [0.1, 0.15) is 24.2 Å². The Morgan fingerprint density at radius 3 is 2.43 bits per heavy atom. The minimum absolute atomic E-state index is 0.0209. The van der Waals surface area contributed by atoms with Gasteiger partial charge in [-0.15, -0.1) is 0 Å². The molecule has 200 valence electrons. The third-order valence-corrected chi connectivity index (χ3v) is 6.20. The van der Waals surface area contributed by atoms with Gasteiger partial charge in [0.15, 0.2) is 0 Å². The Hall–Kier alpha value is -3.77. The van der Waals surface area contributed by atoms with E-state index >= 15 is 0 Å². The second kappa shape index (κ2) is 12.5. The van der Waals surface area contributed by atoms with Gasteiger partial charge in [-0.1, -0.05) is 30.3 Å². The van der Waals surface area contributed by atoms with Gasteiger partial charge >= 0.3 is 0 Å². The monoisotopic (exact) mass is 515 g/mol. The average Bonchev–Trinajstić information content (AvgIpc) is 3.13. The second-order valence-corrected chi connectivity index (χ2v) is 8.96. The van der Waals surface area contributed by atoms with Gasteiger partial charge < -0.3 is 35.1 Å². The van der Waals surface area contributed by atoms with E-state index in [4.69, 9.17) is 24.5 Å². The van der Waals surface area contributed by atoms with E-state index in [1.165, 1.54) is 0 Å². The quantitative estimate of drug-likeness (QED) is 0.445. The summed E-state index contributed by atoms with van der Waals surface area (Å²) in [6, 6.07) is 9.91. The molecule has 2 aromatic rings. The molecule has 2 amide bonds. The molecule has 0 radical (unpaired) electrons. The van der Waals surface area contributed by atoms with Crippen LogP contribution in [0.2, 0.25) is 0 Å². The molecule has 4 N–H and O–H groups in total. The highest BCUT2D eigenvalue weighted by Gasteiger charge is 2.50. The zero-order valence-corrected chi connectivity index (χ0v) is 21.0. The first kappa shape index (κ1) is 27.8. The lowest BCUT2D eigenvalue weighted by Gasteiger charge is -2.50. The normalized spacial score (nSPS) is 22.4. The van der Waals surface area contributed by atoms with Crippen molar-refractivity contribution in [2.24, 2.45) is 0 Å². The summed E-state index contributed by atoms with van der Waals surface area (Å²) < 4.78 is 8.00. The molecule has 2 fully saturated rings. The Morgan fingerprint density at radius 2 is 1.76 bits per heavy atom. The zero-order chi connectivity index (χ0) is 27.0. The number of carbonyl (C=O) groups is 4. The predicted molar refractivity (Wildman–Crippen MR) is 132 cm³/mol. The predicted octanol–water partition coefficient (Wildman–Crippen LogP) is 0.467. The van der Waals surface area contributed by atoms with Crippen LogP contribution in [0, 0.1) is 0 Å². The number of ether oxygens (including phenoxy) is 1. The van der Waals surface area contributed by atoms with Crippen molar-refractivity contribution < 1.29 is 34.1 Å². The number of hydrogen-bond acceptors (Lipinski definition) is 7. The molecular weight excluding hydrogens is 482 g/mol. The lowest BCUT2D eigenvalue weighted by Crippen LogP contribution is -2.67. The number of rotatable bonds is 2. The van der Waals surface area contributed by atoms with E-state index in [1.807, 2.05) is 41.4 Å². The van der Waals surface area contributed by atoms with Gasteiger partial charge in [0, 0.05) is 59.2 Å². The molecule has 0 saturated carbocycles. The molecule has 2 atom stereocenters. The first-order chi connectivity index (χ1) is 17.6. The maximum absolute atomic E-state index is 13.2. The average molecular weight is 516 g/mol. The zero-order valence-electron chi connectivity index (χ0n) is 21.0. The third-order valence-electron chi connectivity index (χ3n) is 6.20. The van der Waals surface area contributed by atoms with Crippen LogP contribution < -0.4 is 10.6 Å². The van der Waals surface area contributed by atoms with Crippen LogP contribution in [0.25, 0.3) is 0 Å². The van der Waals surface area contributed by atoms with Crippen LogP contribution in [0.15, 0.2) is 36.5 Å². The maximum atomic E-state index is 13.2. The van der Waals surface area contributed by atoms with Crippen LogP contribution in [0.3, 0.4) is 0 Å². The molecule has 37 heavy (non-hydrogen) atoms. The number of piperidine rings is 1. The van der Waals surface area contributed by atoms with Crippen LogP contribution in [0.5, 0.6) is 0 Å². The Labute approximate surface area is 214 Å². The molecule has 1 aromatic heterocycles. The van der Waals surface area contributed by atoms with Crippen molar-refractivity contribution >= 4 is 23.8 Å². The number of morpholine rings is 1. The van der Waals surface area contributed by atoms with E-state index in [0.717, 1.165) is 51.3 Å². The number of benzene rings is 1. The SMILES string of the molecule is CC(=O)O.CC(=O)O.O=C1CO[C@@H]2CN(C(=O)c3cn4c(n3)CCNCC4)CC[C@@]2(c2ccccc2)N1. The van der Waals surface area contributed by atoms with Crippen LogP contribution in [-0.2, 0) is 37.6 Å². The lowest BCUT2D eigenvalue weighted by atomic mass is 9.77. The topological polar surface area (TPSA) is 163 Å². The molecule has 5 rings (SSSR count). The van der Waals surface area contributed by atoms with E-state index in [0.29, 0.717) is 25.2 Å². The van der Waals surface area contributed by atoms with Crippen molar-refractivity contribution in [1.29, 1.82) is 0 Å². The fourth-order valence-corrected chi connectivity index (χ4v) is 4.68. The first-order valence-corrected chi connectivity index (χ1v) is 12.1. The van der Waals surface area contributed by atoms with Gasteiger partial charge in [0.25, 0.3) is 17.8 Å². The molecule has 2 saturated heterocycles. The van der Waals surface area contributed by atoms with Gasteiger partial charge in [-0.2, -0.15) is 0 Å². The highest BCUT2D eigenvalue weighted by atomic mass is 16.5. The van der Waals surface area contributed by atoms with Crippen molar-refractivity contribution in [3.63, 3.8) is 0 Å². The summed E-state index contributed by atoms with van der Waals surface area (Å²) >= 11 is 0. The number of hydrogen-bond donors (Lipinski definition) is 4. The summed E-state index contributed by atoms with van der Waals surface area (Å²) in [6.07, 6.45) is 3.01. The number of nitrogens with one attached hydrogen (secondary N) is 2. The molecule has 12 heteroatoms. The van der Waals surface area contributed by atoms with E-state index < -0.39 is 17.5 Å². The molecule has 0 aliphatic carbocycles. The molecular formula is C25H33N5O7. The van der Waals surface area contributed by atoms with Crippen molar-refractivity contribution in [1.82, 2.24) is 25.1 Å². The summed E-state index contributed by atoms with van der Waals surface area (Å²) in [6.45, 7) is 5.74. The third kappa shape index (κ3) is 7.14. The molecule has 3 aliphatic rings. The smallest absolute Gasteiger partial charge is 0.300 e. The molecule has 0 bridgehead atoms. The summed E-state index contributed by atoms with van der Waals surface area (Å²) in [4.78, 5) is 49.7. The summed E-state index contributed by atoms with van der Waals surface area (Å²) in [7, 11) is 0. The number of aromatic nitrogens is 2. The largest absolute Gasteiger partial charge is 0.481 e. The Bertz CT molecular complexity index is 1080. The summed E-state index contributed by atoms with van der Waals surface area (Å²) in [5.41, 5.74) is 0.921. The van der Waals surface area contributed by atoms with Gasteiger partial charge in [-0.05, 0) is 12.0 Å². The van der Waals surface area contributed by atoms with E-state index in [1.54, 1.807) is 0 Å². The Kier molecular flexibility index (Phi) is 9.36. The molecule has 0 unspecified atom stereocenters. The lowest BCUT2D eigenvalue weighted by molar-refractivity contribution is -0.150. The number of imidazole rings is 1. The van der Waals surface area contributed by atoms with Crippen LogP contribution >= 0.6 is 0 Å². The van der Waals surface area contributed by atoms with E-state index in [-0.39, 0.29) is 24.5 Å². The van der Waals surface area contributed by atoms with Gasteiger partial charge in [-0.25, -0.2) is 4.98 Å². The Morgan fingerprint density at radius 1 is 1.08 bits per heavy atom. The van der Waals surface area contributed by atoms with Crippen LogP contribution in [0.1, 0.15) is 42.1 Å². The number of nitrogens with zero attached hydrogens (tertiary/aromatic N) is 3. The Balaban J connectivity index is 0.000000420. The molecule has 1 aromatic carbocycles. The number of carboxylic acids is 2. The maximum Gasteiger partial charge on any atom is 0.300 e. The molecule has 4 heterocycles. The molecule has 3 aliphatic heterocycles. The fraction of sp³-hybridized carbons (Fsp3) is 0.480. The second-order valence-electron chi connectivity index (χ2n) is 8.96. The highest BCUT2D eigenvalue weighted by molar-refractivity contribution is 5.92. The fourth-order valence-electron chi connectivity index (χ4n) is 4.68. The standard InChI is InChI=1S/C21H25N5O3.2C2H4O2/c27-19-14-29-17-13-26(10-7-21(17,24-19)15-4-2-1-3-5-15)20(28)16-12-25-11-9-22-8-6-18(25)23-16;2*1-2(3)4/h1-5,12,17,22H,6-11,13-14H2,(H,24,27);2*1H3,(H,3,4)/t17-,21+;;/m1../s1.